The predicted octanol–water partition coefficient (Wildman–Crippen LogP) is 6.97. The van der Waals surface area contributed by atoms with Gasteiger partial charge in [-0.1, -0.05) is 42.5 Å². The number of allylic oxidation sites excluding steroid dienone is 2. The highest BCUT2D eigenvalue weighted by molar-refractivity contribution is 7.20. The fraction of sp³-hybridized carbons (Fsp3) is 0.231. The third-order valence-electron chi connectivity index (χ3n) is 5.73. The Bertz CT molecular complexity index is 1310. The van der Waals surface area contributed by atoms with Crippen LogP contribution in [0, 0.1) is 5.82 Å². The topological polar surface area (TPSA) is 44.1 Å². The fourth-order valence-corrected chi connectivity index (χ4v) is 5.02. The SMILES string of the molecule is CC(=O)c1cc2c(nc(-c3ccc(OCc4ccccc4)cc3F)n2C2C=CCCC2)s1. The second-order valence-corrected chi connectivity index (χ2v) is 9.04. The summed E-state index contributed by atoms with van der Waals surface area (Å²) in [7, 11) is 0. The van der Waals surface area contributed by atoms with Crippen LogP contribution in [0.4, 0.5) is 4.39 Å². The summed E-state index contributed by atoms with van der Waals surface area (Å²) in [6.07, 6.45) is 7.40. The molecule has 0 saturated heterocycles. The number of rotatable bonds is 6. The molecule has 2 heterocycles. The Morgan fingerprint density at radius 3 is 2.78 bits per heavy atom. The number of thiophene rings is 1. The Kier molecular flexibility index (Phi) is 5.62. The molecule has 2 aromatic heterocycles. The van der Waals surface area contributed by atoms with Crippen LogP contribution in [-0.4, -0.2) is 15.3 Å². The van der Waals surface area contributed by atoms with E-state index in [0.717, 1.165) is 35.2 Å². The number of ketones is 1. The van der Waals surface area contributed by atoms with Gasteiger partial charge in [0.1, 0.15) is 28.8 Å². The lowest BCUT2D eigenvalue weighted by Gasteiger charge is -2.21. The van der Waals surface area contributed by atoms with Gasteiger partial charge in [0.15, 0.2) is 5.78 Å². The molecule has 0 amide bonds. The van der Waals surface area contributed by atoms with Gasteiger partial charge in [0.25, 0.3) is 0 Å². The molecular formula is C26H23FN2O2S. The molecule has 1 aliphatic carbocycles. The van der Waals surface area contributed by atoms with Crippen molar-refractivity contribution < 1.29 is 13.9 Å². The zero-order chi connectivity index (χ0) is 22.1. The van der Waals surface area contributed by atoms with E-state index in [1.807, 2.05) is 36.4 Å². The first kappa shape index (κ1) is 20.6. The predicted molar refractivity (Wildman–Crippen MR) is 126 cm³/mol. The van der Waals surface area contributed by atoms with E-state index in [1.165, 1.54) is 17.4 Å². The highest BCUT2D eigenvalue weighted by Gasteiger charge is 2.24. The molecule has 0 spiro atoms. The largest absolute Gasteiger partial charge is 0.489 e. The summed E-state index contributed by atoms with van der Waals surface area (Å²) < 4.78 is 23.1. The van der Waals surface area contributed by atoms with Crippen molar-refractivity contribution in [2.24, 2.45) is 0 Å². The van der Waals surface area contributed by atoms with Crippen LogP contribution >= 0.6 is 11.3 Å². The van der Waals surface area contributed by atoms with E-state index in [1.54, 1.807) is 19.1 Å². The van der Waals surface area contributed by atoms with Gasteiger partial charge in [0.05, 0.1) is 22.0 Å². The molecule has 0 fully saturated rings. The molecule has 4 aromatic rings. The Hall–Kier alpha value is -3.25. The number of fused-ring (bicyclic) bond motifs is 1. The van der Waals surface area contributed by atoms with E-state index < -0.39 is 0 Å². The van der Waals surface area contributed by atoms with Gasteiger partial charge in [-0.05, 0) is 49.9 Å². The summed E-state index contributed by atoms with van der Waals surface area (Å²) in [6.45, 7) is 1.94. The summed E-state index contributed by atoms with van der Waals surface area (Å²) in [5.41, 5.74) is 2.34. The second-order valence-electron chi connectivity index (χ2n) is 8.00. The summed E-state index contributed by atoms with van der Waals surface area (Å²) in [4.78, 5) is 18.1. The van der Waals surface area contributed by atoms with Gasteiger partial charge >= 0.3 is 0 Å². The van der Waals surface area contributed by atoms with Gasteiger partial charge in [0.2, 0.25) is 0 Å². The average Bonchev–Trinajstić information content (AvgIpc) is 3.37. The third-order valence-corrected chi connectivity index (χ3v) is 6.85. The van der Waals surface area contributed by atoms with Crippen molar-refractivity contribution in [3.63, 3.8) is 0 Å². The maximum Gasteiger partial charge on any atom is 0.169 e. The highest BCUT2D eigenvalue weighted by atomic mass is 32.1. The van der Waals surface area contributed by atoms with E-state index in [0.29, 0.717) is 28.6 Å². The van der Waals surface area contributed by atoms with Crippen LogP contribution in [0.1, 0.15) is 47.5 Å². The standard InChI is InChI=1S/C26H23FN2O2S/c1-17(30)24-15-23-26(32-24)28-25(29(23)19-10-6-3-7-11-19)21-13-12-20(14-22(21)27)31-16-18-8-4-2-5-9-18/h2,4-6,8-10,12-15,19H,3,7,11,16H2,1H3. The van der Waals surface area contributed by atoms with Crippen LogP contribution in [0.5, 0.6) is 5.75 Å². The zero-order valence-electron chi connectivity index (χ0n) is 17.8. The van der Waals surface area contributed by atoms with Crippen molar-refractivity contribution in [1.29, 1.82) is 0 Å². The number of hydrogen-bond donors (Lipinski definition) is 0. The lowest BCUT2D eigenvalue weighted by Crippen LogP contribution is -2.11. The number of carbonyl (C=O) groups is 1. The first-order valence-electron chi connectivity index (χ1n) is 10.8. The van der Waals surface area contributed by atoms with E-state index in [2.05, 4.69) is 16.7 Å². The lowest BCUT2D eigenvalue weighted by atomic mass is 10.0. The Balaban J connectivity index is 1.52. The molecule has 5 rings (SSSR count). The van der Waals surface area contributed by atoms with E-state index in [-0.39, 0.29) is 17.6 Å². The zero-order valence-corrected chi connectivity index (χ0v) is 18.6. The Labute approximate surface area is 190 Å². The van der Waals surface area contributed by atoms with E-state index in [4.69, 9.17) is 9.72 Å². The molecular weight excluding hydrogens is 423 g/mol. The van der Waals surface area contributed by atoms with Crippen molar-refractivity contribution in [2.45, 2.75) is 38.8 Å². The first-order chi connectivity index (χ1) is 15.6. The number of ether oxygens (including phenoxy) is 1. The summed E-state index contributed by atoms with van der Waals surface area (Å²) in [5, 5.41) is 0. The molecule has 0 bridgehead atoms. The van der Waals surface area contributed by atoms with Crippen LogP contribution in [0.15, 0.2) is 66.7 Å². The molecule has 0 radical (unpaired) electrons. The maximum atomic E-state index is 15.2. The molecule has 1 unspecified atom stereocenters. The van der Waals surface area contributed by atoms with Crippen molar-refractivity contribution in [3.05, 3.63) is 83.0 Å². The number of aromatic nitrogens is 2. The lowest BCUT2D eigenvalue weighted by molar-refractivity contribution is 0.102. The number of carbonyl (C=O) groups excluding carboxylic acids is 1. The van der Waals surface area contributed by atoms with Gasteiger partial charge in [-0.2, -0.15) is 0 Å². The molecule has 32 heavy (non-hydrogen) atoms. The number of Topliss-reactive ketones (excluding diaryl/α,β-unsaturated/α-hetero) is 1. The monoisotopic (exact) mass is 446 g/mol. The molecule has 6 heteroatoms. The van der Waals surface area contributed by atoms with Crippen LogP contribution in [0.3, 0.4) is 0 Å². The van der Waals surface area contributed by atoms with Gasteiger partial charge in [0, 0.05) is 6.07 Å². The summed E-state index contributed by atoms with van der Waals surface area (Å²) >= 11 is 1.36. The van der Waals surface area contributed by atoms with Crippen molar-refractivity contribution >= 4 is 27.5 Å². The van der Waals surface area contributed by atoms with E-state index in [9.17, 15) is 4.79 Å². The molecule has 4 nitrogen and oxygen atoms in total. The third kappa shape index (κ3) is 3.98. The van der Waals surface area contributed by atoms with Crippen LogP contribution in [0.25, 0.3) is 21.7 Å². The Morgan fingerprint density at radius 2 is 2.06 bits per heavy atom. The molecule has 162 valence electrons. The molecule has 0 saturated carbocycles. The van der Waals surface area contributed by atoms with Crippen LogP contribution in [-0.2, 0) is 6.61 Å². The van der Waals surface area contributed by atoms with Crippen molar-refractivity contribution in [2.75, 3.05) is 0 Å². The molecule has 1 aliphatic rings. The van der Waals surface area contributed by atoms with Crippen molar-refractivity contribution in [1.82, 2.24) is 9.55 Å². The van der Waals surface area contributed by atoms with Gasteiger partial charge in [-0.15, -0.1) is 11.3 Å². The summed E-state index contributed by atoms with van der Waals surface area (Å²) in [6, 6.07) is 16.7. The molecule has 0 aliphatic heterocycles. The number of halogens is 1. The Morgan fingerprint density at radius 1 is 1.22 bits per heavy atom. The number of nitrogens with zero attached hydrogens (tertiary/aromatic N) is 2. The quantitative estimate of drug-likeness (QED) is 0.237. The second kappa shape index (κ2) is 8.71. The molecule has 0 N–H and O–H groups in total. The average molecular weight is 447 g/mol. The number of benzene rings is 2. The van der Waals surface area contributed by atoms with Gasteiger partial charge in [-0.25, -0.2) is 9.37 Å². The smallest absolute Gasteiger partial charge is 0.169 e. The highest BCUT2D eigenvalue weighted by Crippen LogP contribution is 2.38. The fourth-order valence-electron chi connectivity index (χ4n) is 4.11. The normalized spacial score (nSPS) is 15.9. The summed E-state index contributed by atoms with van der Waals surface area (Å²) in [5.74, 6) is 0.712. The van der Waals surface area contributed by atoms with Gasteiger partial charge < -0.3 is 9.30 Å². The minimum Gasteiger partial charge on any atom is -0.489 e. The minimum absolute atomic E-state index is 0.0198. The number of hydrogen-bond acceptors (Lipinski definition) is 4. The maximum absolute atomic E-state index is 15.2. The van der Waals surface area contributed by atoms with Crippen LogP contribution < -0.4 is 4.74 Å². The minimum atomic E-state index is -0.374. The van der Waals surface area contributed by atoms with Crippen LogP contribution in [0.2, 0.25) is 0 Å². The first-order valence-corrected chi connectivity index (χ1v) is 11.6. The van der Waals surface area contributed by atoms with E-state index >= 15 is 4.39 Å². The number of imidazole rings is 1. The van der Waals surface area contributed by atoms with Crippen molar-refractivity contribution in [3.8, 4) is 17.1 Å². The molecule has 1 atom stereocenters. The molecule has 2 aromatic carbocycles. The van der Waals surface area contributed by atoms with Gasteiger partial charge in [-0.3, -0.25) is 4.79 Å².